The van der Waals surface area contributed by atoms with Gasteiger partial charge in [-0.3, -0.25) is 14.5 Å². The lowest BCUT2D eigenvalue weighted by molar-refractivity contribution is -0.120. The summed E-state index contributed by atoms with van der Waals surface area (Å²) in [7, 11) is 3.14. The fourth-order valence-electron chi connectivity index (χ4n) is 2.48. The smallest absolute Gasteiger partial charge is 0.225 e. The van der Waals surface area contributed by atoms with Crippen molar-refractivity contribution in [1.82, 2.24) is 9.80 Å². The van der Waals surface area contributed by atoms with Crippen molar-refractivity contribution in [2.24, 2.45) is 0 Å². The number of hydrogen-bond acceptors (Lipinski definition) is 5. The highest BCUT2D eigenvalue weighted by molar-refractivity contribution is 5.92. The highest BCUT2D eigenvalue weighted by atomic mass is 16.5. The largest absolute Gasteiger partial charge is 0.497 e. The number of nitrogens with zero attached hydrogens (tertiary/aromatic N) is 2. The lowest BCUT2D eigenvalue weighted by Gasteiger charge is -2.32. The van der Waals surface area contributed by atoms with E-state index in [1.807, 2.05) is 0 Å². The number of anilines is 1. The van der Waals surface area contributed by atoms with E-state index in [4.69, 9.17) is 9.47 Å². The fraction of sp³-hybridized carbons (Fsp3) is 0.500. The van der Waals surface area contributed by atoms with E-state index in [2.05, 4.69) is 10.2 Å². The predicted molar refractivity (Wildman–Crippen MR) is 86.9 cm³/mol. The van der Waals surface area contributed by atoms with Crippen molar-refractivity contribution >= 4 is 18.0 Å². The molecule has 1 heterocycles. The number of piperazine rings is 1. The summed E-state index contributed by atoms with van der Waals surface area (Å²) in [6.07, 6.45) is 1.26. The third-order valence-corrected chi connectivity index (χ3v) is 3.89. The maximum absolute atomic E-state index is 12.1. The highest BCUT2D eigenvalue weighted by Gasteiger charge is 2.16. The molecule has 2 rings (SSSR count). The normalized spacial score (nSPS) is 15.1. The number of nitrogens with one attached hydrogen (secondary N) is 1. The van der Waals surface area contributed by atoms with E-state index >= 15 is 0 Å². The van der Waals surface area contributed by atoms with Gasteiger partial charge in [0.2, 0.25) is 12.3 Å². The summed E-state index contributed by atoms with van der Waals surface area (Å²) in [6.45, 7) is 3.71. The monoisotopic (exact) mass is 321 g/mol. The van der Waals surface area contributed by atoms with Crippen LogP contribution in [0.15, 0.2) is 18.2 Å². The number of hydrogen-bond donors (Lipinski definition) is 1. The number of benzene rings is 1. The molecule has 1 fully saturated rings. The van der Waals surface area contributed by atoms with Crippen LogP contribution in [0.4, 0.5) is 5.69 Å². The molecule has 0 unspecified atom stereocenters. The fourth-order valence-corrected chi connectivity index (χ4v) is 2.48. The Labute approximate surface area is 136 Å². The average molecular weight is 321 g/mol. The Kier molecular flexibility index (Phi) is 6.22. The molecule has 0 bridgehead atoms. The topological polar surface area (TPSA) is 71.1 Å². The van der Waals surface area contributed by atoms with Gasteiger partial charge in [-0.1, -0.05) is 0 Å². The van der Waals surface area contributed by atoms with Crippen LogP contribution in [0.2, 0.25) is 0 Å². The van der Waals surface area contributed by atoms with Gasteiger partial charge < -0.3 is 19.7 Å². The van der Waals surface area contributed by atoms with Crippen LogP contribution in [0.25, 0.3) is 0 Å². The summed E-state index contributed by atoms with van der Waals surface area (Å²) in [5.41, 5.74) is 0.600. The van der Waals surface area contributed by atoms with Crippen molar-refractivity contribution in [2.45, 2.75) is 6.42 Å². The van der Waals surface area contributed by atoms with E-state index in [1.54, 1.807) is 37.3 Å². The van der Waals surface area contributed by atoms with Crippen LogP contribution in [-0.2, 0) is 9.59 Å². The molecular weight excluding hydrogens is 298 g/mol. The molecule has 0 aromatic heterocycles. The van der Waals surface area contributed by atoms with Crippen LogP contribution in [0.5, 0.6) is 11.5 Å². The summed E-state index contributed by atoms with van der Waals surface area (Å²) < 4.78 is 10.4. The molecular formula is C16H23N3O4. The molecule has 0 radical (unpaired) electrons. The van der Waals surface area contributed by atoms with Crippen LogP contribution in [-0.4, -0.2) is 69.1 Å². The SMILES string of the molecule is COc1ccc(OC)c(NC(=O)CCN2CCN(C=O)CC2)c1. The minimum atomic E-state index is -0.0747. The summed E-state index contributed by atoms with van der Waals surface area (Å²) in [5, 5.41) is 2.86. The molecule has 7 heteroatoms. The van der Waals surface area contributed by atoms with Gasteiger partial charge in [0.1, 0.15) is 11.5 Å². The number of methoxy groups -OCH3 is 2. The van der Waals surface area contributed by atoms with Crippen molar-refractivity contribution in [2.75, 3.05) is 52.3 Å². The maximum Gasteiger partial charge on any atom is 0.225 e. The third kappa shape index (κ3) is 4.85. The summed E-state index contributed by atoms with van der Waals surface area (Å²) in [6, 6.07) is 5.27. The highest BCUT2D eigenvalue weighted by Crippen LogP contribution is 2.28. The second-order valence-corrected chi connectivity index (χ2v) is 5.35. The van der Waals surface area contributed by atoms with E-state index in [-0.39, 0.29) is 5.91 Å². The number of ether oxygens (including phenoxy) is 2. The van der Waals surface area contributed by atoms with Crippen molar-refractivity contribution in [1.29, 1.82) is 0 Å². The Morgan fingerprint density at radius 1 is 1.22 bits per heavy atom. The maximum atomic E-state index is 12.1. The summed E-state index contributed by atoms with van der Waals surface area (Å²) >= 11 is 0. The molecule has 7 nitrogen and oxygen atoms in total. The second-order valence-electron chi connectivity index (χ2n) is 5.35. The molecule has 0 atom stereocenters. The Morgan fingerprint density at radius 2 is 1.96 bits per heavy atom. The predicted octanol–water partition coefficient (Wildman–Crippen LogP) is 0.806. The Bertz CT molecular complexity index is 542. The molecule has 1 aliphatic heterocycles. The van der Waals surface area contributed by atoms with E-state index in [0.717, 1.165) is 32.6 Å². The van der Waals surface area contributed by atoms with Crippen LogP contribution in [0.3, 0.4) is 0 Å². The van der Waals surface area contributed by atoms with Crippen LogP contribution >= 0.6 is 0 Å². The van der Waals surface area contributed by atoms with Gasteiger partial charge in [-0.2, -0.15) is 0 Å². The first-order valence-electron chi connectivity index (χ1n) is 7.60. The van der Waals surface area contributed by atoms with E-state index in [0.29, 0.717) is 30.2 Å². The molecule has 2 amide bonds. The summed E-state index contributed by atoms with van der Waals surface area (Å²) in [5.74, 6) is 1.18. The molecule has 1 saturated heterocycles. The zero-order valence-electron chi connectivity index (χ0n) is 13.6. The standard InChI is InChI=1S/C16H23N3O4/c1-22-13-3-4-15(23-2)14(11-13)17-16(21)5-6-18-7-9-19(12-20)10-8-18/h3-4,11-12H,5-10H2,1-2H3,(H,17,21). The molecule has 1 N–H and O–H groups in total. The summed E-state index contributed by atoms with van der Waals surface area (Å²) in [4.78, 5) is 26.7. The number of amides is 2. The van der Waals surface area contributed by atoms with Gasteiger partial charge in [-0.05, 0) is 12.1 Å². The molecule has 126 valence electrons. The molecule has 1 aromatic rings. The zero-order chi connectivity index (χ0) is 16.7. The molecule has 0 saturated carbocycles. The van der Waals surface area contributed by atoms with Gasteiger partial charge in [0.05, 0.1) is 19.9 Å². The second kappa shape index (κ2) is 8.38. The molecule has 1 aliphatic rings. The quantitative estimate of drug-likeness (QED) is 0.753. The Morgan fingerprint density at radius 3 is 2.57 bits per heavy atom. The molecule has 23 heavy (non-hydrogen) atoms. The average Bonchev–Trinajstić information content (AvgIpc) is 2.60. The van der Waals surface area contributed by atoms with Gasteiger partial charge in [0.25, 0.3) is 0 Å². The van der Waals surface area contributed by atoms with Gasteiger partial charge in [-0.25, -0.2) is 0 Å². The van der Waals surface area contributed by atoms with Gasteiger partial charge >= 0.3 is 0 Å². The zero-order valence-corrected chi connectivity index (χ0v) is 13.6. The van der Waals surface area contributed by atoms with Crippen molar-refractivity contribution < 1.29 is 19.1 Å². The number of rotatable bonds is 7. The first-order valence-corrected chi connectivity index (χ1v) is 7.60. The Hall–Kier alpha value is -2.28. The van der Waals surface area contributed by atoms with Crippen LogP contribution in [0, 0.1) is 0 Å². The van der Waals surface area contributed by atoms with Crippen molar-refractivity contribution in [3.63, 3.8) is 0 Å². The van der Waals surface area contributed by atoms with Crippen LogP contribution in [0.1, 0.15) is 6.42 Å². The first kappa shape index (κ1) is 17.1. The van der Waals surface area contributed by atoms with E-state index < -0.39 is 0 Å². The van der Waals surface area contributed by atoms with E-state index in [9.17, 15) is 9.59 Å². The molecule has 0 spiro atoms. The minimum absolute atomic E-state index is 0.0747. The lowest BCUT2D eigenvalue weighted by atomic mass is 10.2. The minimum Gasteiger partial charge on any atom is -0.497 e. The molecule has 0 aliphatic carbocycles. The first-order chi connectivity index (χ1) is 11.2. The Balaban J connectivity index is 1.84. The number of carbonyl (C=O) groups is 2. The third-order valence-electron chi connectivity index (χ3n) is 3.89. The molecule has 1 aromatic carbocycles. The van der Waals surface area contributed by atoms with E-state index in [1.165, 1.54) is 0 Å². The lowest BCUT2D eigenvalue weighted by Crippen LogP contribution is -2.46. The van der Waals surface area contributed by atoms with Crippen molar-refractivity contribution in [3.05, 3.63) is 18.2 Å². The number of carbonyl (C=O) groups excluding carboxylic acids is 2. The van der Waals surface area contributed by atoms with Gasteiger partial charge in [0.15, 0.2) is 0 Å². The van der Waals surface area contributed by atoms with Gasteiger partial charge in [-0.15, -0.1) is 0 Å². The van der Waals surface area contributed by atoms with Crippen LogP contribution < -0.4 is 14.8 Å². The van der Waals surface area contributed by atoms with Gasteiger partial charge in [0, 0.05) is 45.2 Å². The van der Waals surface area contributed by atoms with Crippen molar-refractivity contribution in [3.8, 4) is 11.5 Å².